The Bertz CT molecular complexity index is 1910. The number of imide groups is 1. The molecular formula is C33H27BrF3N3O4S2. The summed E-state index contributed by atoms with van der Waals surface area (Å²) in [7, 11) is 0. The molecule has 3 heterocycles. The van der Waals surface area contributed by atoms with Crippen LogP contribution in [0.2, 0.25) is 0 Å². The molecular weight excluding hydrogens is 703 g/mol. The highest BCUT2D eigenvalue weighted by Gasteiger charge is 2.56. The first-order valence-corrected chi connectivity index (χ1v) is 16.7. The highest BCUT2D eigenvalue weighted by Crippen LogP contribution is 2.54. The zero-order valence-corrected chi connectivity index (χ0v) is 27.9. The van der Waals surface area contributed by atoms with Crippen LogP contribution in [0.4, 0.5) is 24.5 Å². The number of thiazole rings is 1. The lowest BCUT2D eigenvalue weighted by Gasteiger charge is -2.31. The highest BCUT2D eigenvalue weighted by molar-refractivity contribution is 9.10. The van der Waals surface area contributed by atoms with E-state index in [9.17, 15) is 32.3 Å². The Balaban J connectivity index is 1.41. The fraction of sp³-hybridized carbons (Fsp3) is 0.273. The molecule has 238 valence electrons. The standard InChI is InChI=1S/C33H27BrF3N3O4S2/c1-32(2,3)18-10-8-17(9-11-18)24-25-26(29(43)40(28(25)42)20-14-12-19(34)13-15-20)45-30-27(24)46-31(44)39(30)16-23(41)38-22-7-5-4-6-21(22)33(35,36)37/h4-15,24-26H,16H2,1-3H3,(H,38,41). The van der Waals surface area contributed by atoms with Crippen molar-refractivity contribution in [3.63, 3.8) is 0 Å². The summed E-state index contributed by atoms with van der Waals surface area (Å²) in [5, 5.41) is 1.74. The highest BCUT2D eigenvalue weighted by atomic mass is 79.9. The minimum Gasteiger partial charge on any atom is -0.324 e. The molecule has 3 amide bonds. The number of aromatic nitrogens is 1. The minimum atomic E-state index is -4.70. The summed E-state index contributed by atoms with van der Waals surface area (Å²) in [6, 6.07) is 19.1. The molecule has 2 aliphatic rings. The summed E-state index contributed by atoms with van der Waals surface area (Å²) in [5.41, 5.74) is 0.632. The first-order valence-electron chi connectivity index (χ1n) is 14.2. The van der Waals surface area contributed by atoms with Crippen molar-refractivity contribution in [2.75, 3.05) is 10.2 Å². The van der Waals surface area contributed by atoms with Gasteiger partial charge >= 0.3 is 11.0 Å². The number of hydrogen-bond acceptors (Lipinski definition) is 6. The van der Waals surface area contributed by atoms with Crippen molar-refractivity contribution >= 4 is 68.1 Å². The summed E-state index contributed by atoms with van der Waals surface area (Å²) >= 11 is 5.29. The number of hydrogen-bond donors (Lipinski definition) is 1. The van der Waals surface area contributed by atoms with Crippen LogP contribution >= 0.6 is 39.0 Å². The molecule has 3 aromatic carbocycles. The number of para-hydroxylation sites is 1. The van der Waals surface area contributed by atoms with E-state index in [-0.39, 0.29) is 5.41 Å². The molecule has 0 bridgehead atoms. The molecule has 0 aliphatic carbocycles. The number of alkyl halides is 3. The average Bonchev–Trinajstić information content (AvgIpc) is 3.43. The normalized spacial score (nSPS) is 19.6. The predicted molar refractivity (Wildman–Crippen MR) is 175 cm³/mol. The molecule has 0 saturated carbocycles. The predicted octanol–water partition coefficient (Wildman–Crippen LogP) is 7.42. The van der Waals surface area contributed by atoms with E-state index in [4.69, 9.17) is 0 Å². The van der Waals surface area contributed by atoms with Crippen molar-refractivity contribution in [2.45, 2.75) is 55.1 Å². The monoisotopic (exact) mass is 729 g/mol. The van der Waals surface area contributed by atoms with Gasteiger partial charge in [0.1, 0.15) is 11.8 Å². The quantitative estimate of drug-likeness (QED) is 0.216. The Morgan fingerprint density at radius 3 is 2.20 bits per heavy atom. The molecule has 4 aromatic rings. The SMILES string of the molecule is CC(C)(C)c1ccc(C2c3sc(=O)n(CC(=O)Nc4ccccc4C(F)(F)F)c3SC3C(=O)N(c4ccc(Br)cc4)C(=O)C32)cc1. The maximum atomic E-state index is 14.1. The summed E-state index contributed by atoms with van der Waals surface area (Å²) in [6.07, 6.45) is -4.70. The van der Waals surface area contributed by atoms with Gasteiger partial charge in [0.25, 0.3) is 0 Å². The molecule has 3 atom stereocenters. The maximum absolute atomic E-state index is 14.1. The van der Waals surface area contributed by atoms with Crippen molar-refractivity contribution in [3.8, 4) is 0 Å². The van der Waals surface area contributed by atoms with E-state index < -0.39 is 63.7 Å². The van der Waals surface area contributed by atoms with Crippen molar-refractivity contribution < 1.29 is 27.6 Å². The van der Waals surface area contributed by atoms with Crippen LogP contribution in [0.25, 0.3) is 0 Å². The number of thioether (sulfide) groups is 1. The molecule has 7 nitrogen and oxygen atoms in total. The molecule has 0 spiro atoms. The molecule has 1 aromatic heterocycles. The minimum absolute atomic E-state index is 0.140. The van der Waals surface area contributed by atoms with Crippen molar-refractivity contribution in [2.24, 2.45) is 5.92 Å². The summed E-state index contributed by atoms with van der Waals surface area (Å²) in [5.74, 6) is -3.17. The van der Waals surface area contributed by atoms with Crippen LogP contribution in [0.5, 0.6) is 0 Å². The Kier molecular flexibility index (Phi) is 8.31. The van der Waals surface area contributed by atoms with Gasteiger partial charge in [-0.1, -0.05) is 96.2 Å². The molecule has 2 aliphatic heterocycles. The second-order valence-electron chi connectivity index (χ2n) is 12.1. The molecule has 1 fully saturated rings. The maximum Gasteiger partial charge on any atom is 0.418 e. The summed E-state index contributed by atoms with van der Waals surface area (Å²) in [4.78, 5) is 55.7. The molecule has 3 unspecified atom stereocenters. The number of halogens is 4. The Hall–Kier alpha value is -3.68. The Morgan fingerprint density at radius 1 is 0.913 bits per heavy atom. The fourth-order valence-corrected chi connectivity index (χ4v) is 8.86. The van der Waals surface area contributed by atoms with E-state index >= 15 is 0 Å². The zero-order valence-electron chi connectivity index (χ0n) is 24.7. The van der Waals surface area contributed by atoms with Crippen LogP contribution in [-0.2, 0) is 32.5 Å². The second-order valence-corrected chi connectivity index (χ2v) is 15.2. The number of anilines is 2. The fourth-order valence-electron chi connectivity index (χ4n) is 5.82. The number of fused-ring (bicyclic) bond motifs is 2. The van der Waals surface area contributed by atoms with Gasteiger partial charge in [-0.15, -0.1) is 0 Å². The lowest BCUT2D eigenvalue weighted by atomic mass is 9.81. The van der Waals surface area contributed by atoms with Crippen LogP contribution in [-0.4, -0.2) is 27.5 Å². The smallest absolute Gasteiger partial charge is 0.324 e. The van der Waals surface area contributed by atoms with Crippen LogP contribution in [0.15, 0.2) is 87.1 Å². The van der Waals surface area contributed by atoms with Gasteiger partial charge in [-0.25, -0.2) is 4.90 Å². The molecule has 1 saturated heterocycles. The number of benzene rings is 3. The molecule has 6 rings (SSSR count). The second kappa shape index (κ2) is 11.8. The third-order valence-corrected chi connectivity index (χ3v) is 11.2. The number of amides is 3. The van der Waals surface area contributed by atoms with E-state index in [1.54, 1.807) is 24.3 Å². The van der Waals surface area contributed by atoms with Gasteiger partial charge in [-0.05, 0) is 52.9 Å². The summed E-state index contributed by atoms with van der Waals surface area (Å²) in [6.45, 7) is 5.65. The number of nitrogens with one attached hydrogen (secondary N) is 1. The van der Waals surface area contributed by atoms with Crippen LogP contribution in [0, 0.1) is 5.92 Å². The molecule has 13 heteroatoms. The van der Waals surface area contributed by atoms with Gasteiger partial charge in [0.15, 0.2) is 0 Å². The Labute approximate surface area is 278 Å². The van der Waals surface area contributed by atoms with Crippen molar-refractivity contribution in [3.05, 3.63) is 109 Å². The molecule has 1 N–H and O–H groups in total. The molecule has 0 radical (unpaired) electrons. The number of nitrogens with zero attached hydrogens (tertiary/aromatic N) is 2. The van der Waals surface area contributed by atoms with Gasteiger partial charge in [0.05, 0.1) is 27.9 Å². The first-order chi connectivity index (χ1) is 21.6. The number of rotatable bonds is 5. The Morgan fingerprint density at radius 2 is 1.57 bits per heavy atom. The third kappa shape index (κ3) is 5.84. The van der Waals surface area contributed by atoms with E-state index in [1.165, 1.54) is 21.6 Å². The van der Waals surface area contributed by atoms with E-state index in [0.717, 1.165) is 50.8 Å². The van der Waals surface area contributed by atoms with Gasteiger partial charge in [-0.2, -0.15) is 13.2 Å². The van der Waals surface area contributed by atoms with Crippen molar-refractivity contribution in [1.29, 1.82) is 0 Å². The van der Waals surface area contributed by atoms with E-state index in [1.807, 2.05) is 24.3 Å². The number of carbonyl (C=O) groups excluding carboxylic acids is 3. The first kappa shape index (κ1) is 32.3. The van der Waals surface area contributed by atoms with Gasteiger partial charge in [-0.3, -0.25) is 23.7 Å². The van der Waals surface area contributed by atoms with Gasteiger partial charge in [0.2, 0.25) is 17.7 Å². The van der Waals surface area contributed by atoms with Crippen LogP contribution < -0.4 is 15.1 Å². The third-order valence-electron chi connectivity index (χ3n) is 8.08. The average molecular weight is 731 g/mol. The lowest BCUT2D eigenvalue weighted by molar-refractivity contribution is -0.137. The van der Waals surface area contributed by atoms with E-state index in [0.29, 0.717) is 15.6 Å². The van der Waals surface area contributed by atoms with Gasteiger partial charge in [0, 0.05) is 15.3 Å². The largest absolute Gasteiger partial charge is 0.418 e. The summed E-state index contributed by atoms with van der Waals surface area (Å²) < 4.78 is 42.6. The van der Waals surface area contributed by atoms with Crippen LogP contribution in [0.1, 0.15) is 48.3 Å². The van der Waals surface area contributed by atoms with E-state index in [2.05, 4.69) is 42.0 Å². The van der Waals surface area contributed by atoms with Crippen molar-refractivity contribution in [1.82, 2.24) is 4.57 Å². The van der Waals surface area contributed by atoms with Gasteiger partial charge < -0.3 is 5.32 Å². The lowest BCUT2D eigenvalue weighted by Crippen LogP contribution is -2.33. The zero-order chi connectivity index (χ0) is 33.1. The van der Waals surface area contributed by atoms with Crippen LogP contribution in [0.3, 0.4) is 0 Å². The molecule has 46 heavy (non-hydrogen) atoms. The number of carbonyl (C=O) groups is 3. The topological polar surface area (TPSA) is 88.5 Å².